The van der Waals surface area contributed by atoms with Gasteiger partial charge in [-0.25, -0.2) is 0 Å². The third-order valence-corrected chi connectivity index (χ3v) is 6.00. The highest BCUT2D eigenvalue weighted by atomic mass is 32.2. The first-order valence-corrected chi connectivity index (χ1v) is 10.5. The molecule has 0 N–H and O–H groups in total. The maximum Gasteiger partial charge on any atom is 0.269 e. The van der Waals surface area contributed by atoms with E-state index in [9.17, 15) is 19.7 Å². The van der Waals surface area contributed by atoms with Gasteiger partial charge in [-0.15, -0.1) is 0 Å². The Balaban J connectivity index is 1.32. The molecule has 0 spiro atoms. The zero-order valence-electron chi connectivity index (χ0n) is 16.0. The van der Waals surface area contributed by atoms with Crippen molar-refractivity contribution in [3.63, 3.8) is 0 Å². The Labute approximate surface area is 177 Å². The van der Waals surface area contributed by atoms with Gasteiger partial charge in [0.2, 0.25) is 0 Å². The summed E-state index contributed by atoms with van der Waals surface area (Å²) < 4.78 is 0. The van der Waals surface area contributed by atoms with Crippen molar-refractivity contribution in [3.8, 4) is 0 Å². The smallest absolute Gasteiger partial charge is 0.269 e. The van der Waals surface area contributed by atoms with E-state index in [1.165, 1.54) is 17.0 Å². The number of hydrogen-bond acceptors (Lipinski definition) is 5. The summed E-state index contributed by atoms with van der Waals surface area (Å²) in [5.74, 6) is 1.05. The molecule has 0 aliphatic carbocycles. The van der Waals surface area contributed by atoms with Crippen LogP contribution in [0.25, 0.3) is 0 Å². The average molecular weight is 418 g/mol. The second-order valence-electron chi connectivity index (χ2n) is 6.97. The minimum Gasteiger partial charge on any atom is -0.270 e. The van der Waals surface area contributed by atoms with E-state index >= 15 is 0 Å². The molecule has 1 heterocycles. The number of nitro groups is 1. The Kier molecular flexibility index (Phi) is 5.63. The number of hydrogen-bond donors (Lipinski definition) is 0. The van der Waals surface area contributed by atoms with Crippen molar-refractivity contribution in [2.24, 2.45) is 0 Å². The first-order chi connectivity index (χ1) is 14.5. The predicted molar refractivity (Wildman–Crippen MR) is 115 cm³/mol. The molecular formula is C23H18N2O4S. The van der Waals surface area contributed by atoms with Crippen LogP contribution in [0.5, 0.6) is 0 Å². The summed E-state index contributed by atoms with van der Waals surface area (Å²) in [5, 5.41) is 10.7. The molecule has 0 radical (unpaired) electrons. The van der Waals surface area contributed by atoms with Gasteiger partial charge in [-0.3, -0.25) is 24.6 Å². The first kappa shape index (κ1) is 19.8. The molecule has 1 aliphatic rings. The third-order valence-electron chi connectivity index (χ3n) is 4.93. The van der Waals surface area contributed by atoms with E-state index in [2.05, 4.69) is 0 Å². The highest BCUT2D eigenvalue weighted by Gasteiger charge is 2.34. The largest absolute Gasteiger partial charge is 0.270 e. The molecule has 4 rings (SSSR count). The van der Waals surface area contributed by atoms with Gasteiger partial charge in [0, 0.05) is 23.6 Å². The van der Waals surface area contributed by atoms with Crippen LogP contribution in [0.1, 0.15) is 37.4 Å². The van der Waals surface area contributed by atoms with Crippen molar-refractivity contribution in [3.05, 3.63) is 111 Å². The van der Waals surface area contributed by atoms with E-state index < -0.39 is 4.92 Å². The van der Waals surface area contributed by atoms with Crippen LogP contribution in [0.15, 0.2) is 72.8 Å². The number of nitro benzene ring substituents is 1. The molecule has 0 aromatic heterocycles. The van der Waals surface area contributed by atoms with Crippen LogP contribution in [0, 0.1) is 10.1 Å². The average Bonchev–Trinajstić information content (AvgIpc) is 3.00. The minimum atomic E-state index is -0.402. The molecule has 3 aromatic rings. The van der Waals surface area contributed by atoms with Crippen LogP contribution in [0.3, 0.4) is 0 Å². The molecule has 7 heteroatoms. The summed E-state index contributed by atoms with van der Waals surface area (Å²) in [6.45, 7) is 0.253. The Morgan fingerprint density at radius 1 is 0.733 bits per heavy atom. The summed E-state index contributed by atoms with van der Waals surface area (Å²) in [6, 6.07) is 21.3. The molecule has 0 saturated carbocycles. The second kappa shape index (κ2) is 8.51. The molecule has 1 aliphatic heterocycles. The number of carbonyl (C=O) groups is 2. The molecule has 2 amide bonds. The van der Waals surface area contributed by atoms with Gasteiger partial charge in [0.05, 0.1) is 22.6 Å². The normalized spacial score (nSPS) is 12.9. The Morgan fingerprint density at radius 3 is 1.70 bits per heavy atom. The molecule has 0 atom stereocenters. The first-order valence-electron chi connectivity index (χ1n) is 9.37. The van der Waals surface area contributed by atoms with Crippen molar-refractivity contribution in [2.75, 3.05) is 0 Å². The number of non-ortho nitro benzene ring substituents is 1. The van der Waals surface area contributed by atoms with E-state index in [0.717, 1.165) is 28.2 Å². The monoisotopic (exact) mass is 418 g/mol. The SMILES string of the molecule is O=C1c2ccccc2C(=O)N1Cc1ccc(CSCc2ccc([N+](=O)[O-])cc2)cc1. The van der Waals surface area contributed by atoms with E-state index in [-0.39, 0.29) is 24.0 Å². The lowest BCUT2D eigenvalue weighted by atomic mass is 10.1. The number of thioether (sulfide) groups is 1. The van der Waals surface area contributed by atoms with Crippen LogP contribution < -0.4 is 0 Å². The molecule has 30 heavy (non-hydrogen) atoms. The Bertz CT molecular complexity index is 1080. The van der Waals surface area contributed by atoms with Crippen LogP contribution >= 0.6 is 11.8 Å². The Morgan fingerprint density at radius 2 is 1.20 bits per heavy atom. The number of benzene rings is 3. The zero-order valence-corrected chi connectivity index (χ0v) is 16.8. The highest BCUT2D eigenvalue weighted by molar-refractivity contribution is 7.97. The summed E-state index contributed by atoms with van der Waals surface area (Å²) in [4.78, 5) is 36.5. The van der Waals surface area contributed by atoms with Gasteiger partial charge in [0.25, 0.3) is 17.5 Å². The maximum atomic E-state index is 12.5. The second-order valence-corrected chi connectivity index (χ2v) is 7.96. The summed E-state index contributed by atoms with van der Waals surface area (Å²) >= 11 is 1.72. The van der Waals surface area contributed by atoms with Crippen molar-refractivity contribution in [2.45, 2.75) is 18.1 Å². The minimum absolute atomic E-state index is 0.0948. The molecule has 0 fully saturated rings. The van der Waals surface area contributed by atoms with Crippen LogP contribution in [-0.4, -0.2) is 21.6 Å². The molecule has 150 valence electrons. The summed E-state index contributed by atoms with van der Waals surface area (Å²) in [5.41, 5.74) is 4.08. The molecule has 0 unspecified atom stereocenters. The number of rotatable bonds is 7. The molecule has 0 saturated heterocycles. The van der Waals surface area contributed by atoms with Gasteiger partial charge >= 0.3 is 0 Å². The van der Waals surface area contributed by atoms with Gasteiger partial charge in [0.15, 0.2) is 0 Å². The summed E-state index contributed by atoms with van der Waals surface area (Å²) in [6.07, 6.45) is 0. The number of carbonyl (C=O) groups excluding carboxylic acids is 2. The van der Waals surface area contributed by atoms with Crippen LogP contribution in [0.4, 0.5) is 5.69 Å². The van der Waals surface area contributed by atoms with Crippen LogP contribution in [-0.2, 0) is 18.1 Å². The van der Waals surface area contributed by atoms with E-state index in [1.807, 2.05) is 24.3 Å². The standard InChI is InChI=1S/C23H18N2O4S/c26-22-20-3-1-2-4-21(20)23(27)24(22)13-16-5-7-17(8-6-16)14-30-15-18-9-11-19(12-10-18)25(28)29/h1-12H,13-15H2. The molecule has 0 bridgehead atoms. The van der Waals surface area contributed by atoms with E-state index in [1.54, 1.807) is 48.2 Å². The number of amides is 2. The highest BCUT2D eigenvalue weighted by Crippen LogP contribution is 2.25. The number of nitrogens with zero attached hydrogens (tertiary/aromatic N) is 2. The molecule has 6 nitrogen and oxygen atoms in total. The lowest BCUT2D eigenvalue weighted by molar-refractivity contribution is -0.384. The fraction of sp³-hybridized carbons (Fsp3) is 0.130. The van der Waals surface area contributed by atoms with Gasteiger partial charge < -0.3 is 0 Å². The predicted octanol–water partition coefficient (Wildman–Crippen LogP) is 4.82. The van der Waals surface area contributed by atoms with Gasteiger partial charge in [0.1, 0.15) is 0 Å². The number of imide groups is 1. The lowest BCUT2D eigenvalue weighted by Crippen LogP contribution is -2.29. The van der Waals surface area contributed by atoms with Gasteiger partial charge in [-0.2, -0.15) is 11.8 Å². The van der Waals surface area contributed by atoms with Crippen molar-refractivity contribution in [1.82, 2.24) is 4.90 Å². The third kappa shape index (κ3) is 4.11. The van der Waals surface area contributed by atoms with Gasteiger partial charge in [-0.05, 0) is 28.8 Å². The van der Waals surface area contributed by atoms with Gasteiger partial charge in [-0.1, -0.05) is 48.5 Å². The maximum absolute atomic E-state index is 12.5. The zero-order chi connectivity index (χ0) is 21.1. The molecule has 3 aromatic carbocycles. The van der Waals surface area contributed by atoms with E-state index in [4.69, 9.17) is 0 Å². The van der Waals surface area contributed by atoms with Crippen molar-refractivity contribution in [1.29, 1.82) is 0 Å². The van der Waals surface area contributed by atoms with Crippen molar-refractivity contribution < 1.29 is 14.5 Å². The van der Waals surface area contributed by atoms with E-state index in [0.29, 0.717) is 11.1 Å². The fourth-order valence-electron chi connectivity index (χ4n) is 3.31. The molecular weight excluding hydrogens is 400 g/mol. The topological polar surface area (TPSA) is 80.5 Å². The van der Waals surface area contributed by atoms with Crippen LogP contribution in [0.2, 0.25) is 0 Å². The van der Waals surface area contributed by atoms with Crippen molar-refractivity contribution >= 4 is 29.3 Å². The Hall–Kier alpha value is -3.45. The fourth-order valence-corrected chi connectivity index (χ4v) is 4.27. The quantitative estimate of drug-likeness (QED) is 0.312. The number of fused-ring (bicyclic) bond motifs is 1. The lowest BCUT2D eigenvalue weighted by Gasteiger charge is -2.14. The summed E-state index contributed by atoms with van der Waals surface area (Å²) in [7, 11) is 0.